The molecule has 0 unspecified atom stereocenters. The average Bonchev–Trinajstić information content (AvgIpc) is 3.39. The summed E-state index contributed by atoms with van der Waals surface area (Å²) in [7, 11) is 0. The van der Waals surface area contributed by atoms with Crippen LogP contribution in [0.15, 0.2) is 77.4 Å². The summed E-state index contributed by atoms with van der Waals surface area (Å²) in [6, 6.07) is 21.2. The van der Waals surface area contributed by atoms with Gasteiger partial charge in [0.2, 0.25) is 0 Å². The summed E-state index contributed by atoms with van der Waals surface area (Å²) in [5.74, 6) is 0.618. The molecule has 0 fully saturated rings. The second-order valence-corrected chi connectivity index (χ2v) is 7.90. The molecule has 0 spiro atoms. The van der Waals surface area contributed by atoms with Crippen molar-refractivity contribution in [1.29, 1.82) is 0 Å². The van der Waals surface area contributed by atoms with E-state index in [1.807, 2.05) is 73.7 Å². The van der Waals surface area contributed by atoms with Crippen molar-refractivity contribution in [2.24, 2.45) is 0 Å². The molecule has 1 aliphatic heterocycles. The first kappa shape index (κ1) is 19.5. The van der Waals surface area contributed by atoms with Gasteiger partial charge in [-0.2, -0.15) is 5.10 Å². The summed E-state index contributed by atoms with van der Waals surface area (Å²) in [4.78, 5) is 15.2. The molecule has 7 heteroatoms. The van der Waals surface area contributed by atoms with Gasteiger partial charge in [0.1, 0.15) is 17.1 Å². The Balaban J connectivity index is 1.56. The minimum Gasteiger partial charge on any atom is -0.467 e. The Labute approximate surface area is 185 Å². The number of hydrogen-bond donors (Lipinski definition) is 1. The van der Waals surface area contributed by atoms with Gasteiger partial charge in [0.25, 0.3) is 5.91 Å². The van der Waals surface area contributed by atoms with E-state index in [0.29, 0.717) is 29.6 Å². The van der Waals surface area contributed by atoms with E-state index in [9.17, 15) is 4.79 Å². The van der Waals surface area contributed by atoms with Crippen molar-refractivity contribution < 1.29 is 9.21 Å². The molecule has 1 N–H and O–H groups in total. The van der Waals surface area contributed by atoms with E-state index < -0.39 is 6.17 Å². The summed E-state index contributed by atoms with van der Waals surface area (Å²) in [5, 5.41) is 8.68. The van der Waals surface area contributed by atoms with Crippen molar-refractivity contribution in [2.45, 2.75) is 26.2 Å². The third-order valence-electron chi connectivity index (χ3n) is 5.49. The first-order valence-corrected chi connectivity index (χ1v) is 10.5. The molecule has 1 atom stereocenters. The van der Waals surface area contributed by atoms with Gasteiger partial charge >= 0.3 is 0 Å². The molecule has 156 valence electrons. The fourth-order valence-electron chi connectivity index (χ4n) is 3.99. The number of aryl methyl sites for hydroxylation is 1. The number of carbonyl (C=O) groups excluding carboxylic acids is 1. The van der Waals surface area contributed by atoms with E-state index in [4.69, 9.17) is 16.0 Å². The standard InChI is InChI=1S/C24H21ClN4O2/c1-16-21(22(25)29(27-16)14-17-8-3-2-4-9-17)23-26-20-12-6-5-11-19(20)24(30)28(23)15-18-10-7-13-31-18/h2-13,23,26H,14-15H2,1H3/t23-/m0/s1. The van der Waals surface area contributed by atoms with Crippen molar-refractivity contribution in [3.63, 3.8) is 0 Å². The van der Waals surface area contributed by atoms with Crippen LogP contribution in [0, 0.1) is 6.92 Å². The van der Waals surface area contributed by atoms with Crippen LogP contribution in [0.1, 0.15) is 39.1 Å². The molecule has 5 rings (SSSR count). The minimum absolute atomic E-state index is 0.0815. The van der Waals surface area contributed by atoms with E-state index in [-0.39, 0.29) is 5.91 Å². The lowest BCUT2D eigenvalue weighted by atomic mass is 10.0. The lowest BCUT2D eigenvalue weighted by molar-refractivity contribution is 0.0651. The number of benzene rings is 2. The molecule has 0 bridgehead atoms. The van der Waals surface area contributed by atoms with Crippen molar-refractivity contribution >= 4 is 23.2 Å². The van der Waals surface area contributed by atoms with Gasteiger partial charge in [0, 0.05) is 5.69 Å². The van der Waals surface area contributed by atoms with E-state index in [2.05, 4.69) is 10.4 Å². The number of carbonyl (C=O) groups is 1. The van der Waals surface area contributed by atoms with Gasteiger partial charge in [0.05, 0.1) is 36.2 Å². The summed E-state index contributed by atoms with van der Waals surface area (Å²) in [5.41, 5.74) is 4.06. The molecule has 0 saturated carbocycles. The zero-order valence-electron chi connectivity index (χ0n) is 17.0. The molecule has 0 radical (unpaired) electrons. The fourth-order valence-corrected chi connectivity index (χ4v) is 4.33. The average molecular weight is 433 g/mol. The first-order chi connectivity index (χ1) is 15.1. The van der Waals surface area contributed by atoms with Crippen LogP contribution in [0.3, 0.4) is 0 Å². The summed E-state index contributed by atoms with van der Waals surface area (Å²) < 4.78 is 7.30. The molecule has 0 aliphatic carbocycles. The highest BCUT2D eigenvalue weighted by Crippen LogP contribution is 2.38. The number of rotatable bonds is 5. The molecule has 1 amide bonds. The summed E-state index contributed by atoms with van der Waals surface area (Å²) in [6.45, 7) is 2.79. The Bertz CT molecular complexity index is 1220. The van der Waals surface area contributed by atoms with Crippen LogP contribution in [-0.4, -0.2) is 20.6 Å². The Morgan fingerprint density at radius 3 is 2.58 bits per heavy atom. The number of para-hydroxylation sites is 1. The number of hydrogen-bond acceptors (Lipinski definition) is 4. The molecule has 2 aromatic heterocycles. The predicted octanol–water partition coefficient (Wildman–Crippen LogP) is 5.25. The van der Waals surface area contributed by atoms with E-state index in [1.54, 1.807) is 15.8 Å². The van der Waals surface area contributed by atoms with Crippen molar-refractivity contribution in [3.8, 4) is 0 Å². The monoisotopic (exact) mass is 432 g/mol. The molecule has 3 heterocycles. The molecule has 4 aromatic rings. The van der Waals surface area contributed by atoms with Crippen molar-refractivity contribution in [1.82, 2.24) is 14.7 Å². The molecule has 2 aromatic carbocycles. The number of aromatic nitrogens is 2. The third-order valence-corrected chi connectivity index (χ3v) is 5.89. The maximum atomic E-state index is 13.4. The lowest BCUT2D eigenvalue weighted by Crippen LogP contribution is -2.42. The van der Waals surface area contributed by atoms with Gasteiger partial charge in [-0.1, -0.05) is 54.1 Å². The van der Waals surface area contributed by atoms with E-state index in [0.717, 1.165) is 22.5 Å². The highest BCUT2D eigenvalue weighted by molar-refractivity contribution is 6.30. The number of halogens is 1. The molecule has 6 nitrogen and oxygen atoms in total. The largest absolute Gasteiger partial charge is 0.467 e. The van der Waals surface area contributed by atoms with Gasteiger partial charge in [-0.15, -0.1) is 0 Å². The maximum absolute atomic E-state index is 13.4. The molecular formula is C24H21ClN4O2. The minimum atomic E-state index is -0.468. The van der Waals surface area contributed by atoms with Crippen LogP contribution in [0.5, 0.6) is 0 Å². The van der Waals surface area contributed by atoms with Crippen LogP contribution in [0.2, 0.25) is 5.15 Å². The fraction of sp³-hybridized carbons (Fsp3) is 0.167. The zero-order valence-corrected chi connectivity index (χ0v) is 17.7. The predicted molar refractivity (Wildman–Crippen MR) is 119 cm³/mol. The summed E-state index contributed by atoms with van der Waals surface area (Å²) >= 11 is 6.83. The van der Waals surface area contributed by atoms with Crippen LogP contribution in [0.25, 0.3) is 0 Å². The lowest BCUT2D eigenvalue weighted by Gasteiger charge is -2.37. The van der Waals surface area contributed by atoms with Gasteiger partial charge in [0.15, 0.2) is 0 Å². The van der Waals surface area contributed by atoms with Gasteiger partial charge in [-0.3, -0.25) is 4.79 Å². The summed E-state index contributed by atoms with van der Waals surface area (Å²) in [6.07, 6.45) is 1.14. The normalized spacial score (nSPS) is 15.6. The Morgan fingerprint density at radius 2 is 1.81 bits per heavy atom. The van der Waals surface area contributed by atoms with Crippen LogP contribution in [0.4, 0.5) is 5.69 Å². The molecule has 31 heavy (non-hydrogen) atoms. The highest BCUT2D eigenvalue weighted by atomic mass is 35.5. The van der Waals surface area contributed by atoms with Gasteiger partial charge in [-0.25, -0.2) is 4.68 Å². The Kier molecular flexibility index (Phi) is 5.00. The smallest absolute Gasteiger partial charge is 0.258 e. The van der Waals surface area contributed by atoms with Gasteiger partial charge in [-0.05, 0) is 36.8 Å². The molecule has 1 aliphatic rings. The third kappa shape index (κ3) is 3.59. The Morgan fingerprint density at radius 1 is 1.03 bits per heavy atom. The number of nitrogens with one attached hydrogen (secondary N) is 1. The highest BCUT2D eigenvalue weighted by Gasteiger charge is 2.36. The second-order valence-electron chi connectivity index (χ2n) is 7.54. The van der Waals surface area contributed by atoms with Crippen molar-refractivity contribution in [2.75, 3.05) is 5.32 Å². The van der Waals surface area contributed by atoms with Crippen LogP contribution < -0.4 is 5.32 Å². The second kappa shape index (κ2) is 7.96. The SMILES string of the molecule is Cc1nn(Cc2ccccc2)c(Cl)c1[C@H]1Nc2ccccc2C(=O)N1Cc1ccco1. The Hall–Kier alpha value is -3.51. The first-order valence-electron chi connectivity index (χ1n) is 10.1. The van der Waals surface area contributed by atoms with E-state index in [1.165, 1.54) is 0 Å². The van der Waals surface area contributed by atoms with Crippen LogP contribution in [-0.2, 0) is 13.1 Å². The maximum Gasteiger partial charge on any atom is 0.258 e. The number of amides is 1. The van der Waals surface area contributed by atoms with Gasteiger partial charge < -0.3 is 14.6 Å². The van der Waals surface area contributed by atoms with Crippen molar-refractivity contribution in [3.05, 3.63) is 106 Å². The quantitative estimate of drug-likeness (QED) is 0.467. The topological polar surface area (TPSA) is 63.3 Å². The number of anilines is 1. The molecule has 0 saturated heterocycles. The molecular weight excluding hydrogens is 412 g/mol. The van der Waals surface area contributed by atoms with Crippen LogP contribution >= 0.6 is 11.6 Å². The number of fused-ring (bicyclic) bond motifs is 1. The van der Waals surface area contributed by atoms with E-state index >= 15 is 0 Å². The number of furan rings is 1. The number of nitrogens with zero attached hydrogens (tertiary/aromatic N) is 3. The zero-order chi connectivity index (χ0) is 21.4.